The Balaban J connectivity index is 1.62. The number of alkyl carbamates (subject to hydrolysis) is 1. The summed E-state index contributed by atoms with van der Waals surface area (Å²) in [6.07, 6.45) is 24.2. The lowest BCUT2D eigenvalue weighted by atomic mass is 9.89. The lowest BCUT2D eigenvalue weighted by Crippen LogP contribution is -2.76. The molecule has 1 heterocycles. The van der Waals surface area contributed by atoms with Gasteiger partial charge >= 0.3 is 6.09 Å². The van der Waals surface area contributed by atoms with Gasteiger partial charge in [-0.05, 0) is 30.4 Å². The van der Waals surface area contributed by atoms with Crippen LogP contribution in [-0.2, 0) is 32.1 Å². The average molecular weight is 922 g/mol. The molecule has 3 rings (SSSR count). The first-order valence-corrected chi connectivity index (χ1v) is 26.5. The minimum Gasteiger partial charge on any atom is -0.445 e. The number of nitrogens with one attached hydrogen (secondary N) is 1. The van der Waals surface area contributed by atoms with E-state index in [0.717, 1.165) is 49.7 Å². The van der Waals surface area contributed by atoms with E-state index in [0.29, 0.717) is 12.8 Å². The molecule has 66 heavy (non-hydrogen) atoms. The molecule has 1 aliphatic rings. The quantitative estimate of drug-likeness (QED) is 0.0325. The molecule has 2 amide bonds. The number of Topliss-reactive ketones (excluding diaryl/α,β-unsaturated/α-hetero) is 1. The molecule has 1 aliphatic heterocycles. The lowest BCUT2D eigenvalue weighted by Gasteiger charge is -2.51. The van der Waals surface area contributed by atoms with E-state index in [-0.39, 0.29) is 31.9 Å². The van der Waals surface area contributed by atoms with Crippen molar-refractivity contribution in [1.82, 2.24) is 10.2 Å². The van der Waals surface area contributed by atoms with Crippen LogP contribution in [0.4, 0.5) is 4.79 Å². The van der Waals surface area contributed by atoms with Gasteiger partial charge in [0.1, 0.15) is 24.9 Å². The van der Waals surface area contributed by atoms with Gasteiger partial charge in [0, 0.05) is 19.4 Å². The number of aliphatic hydroxyl groups is 3. The highest BCUT2D eigenvalue weighted by Gasteiger charge is 2.56. The minimum absolute atomic E-state index is 0.00556. The number of rotatable bonds is 38. The summed E-state index contributed by atoms with van der Waals surface area (Å²) in [6, 6.07) is 17.3. The molecule has 0 aliphatic carbocycles. The molecule has 11 nitrogen and oxygen atoms in total. The Morgan fingerprint density at radius 3 is 1.52 bits per heavy atom. The predicted molar refractivity (Wildman–Crippen MR) is 265 cm³/mol. The summed E-state index contributed by atoms with van der Waals surface area (Å²) < 4.78 is 11.7. The molecule has 0 bridgehead atoms. The van der Waals surface area contributed by atoms with E-state index in [1.54, 1.807) is 0 Å². The summed E-state index contributed by atoms with van der Waals surface area (Å²) in [5.41, 5.74) is 8.46. The highest BCUT2D eigenvalue weighted by Crippen LogP contribution is 2.33. The highest BCUT2D eigenvalue weighted by atomic mass is 16.6. The fourth-order valence-corrected chi connectivity index (χ4v) is 9.15. The Morgan fingerprint density at radius 1 is 0.621 bits per heavy atom. The van der Waals surface area contributed by atoms with Gasteiger partial charge in [-0.2, -0.15) is 0 Å². The smallest absolute Gasteiger partial charge is 0.408 e. The monoisotopic (exact) mass is 922 g/mol. The molecular weight excluding hydrogens is 831 g/mol. The van der Waals surface area contributed by atoms with Gasteiger partial charge in [-0.1, -0.05) is 235 Å². The van der Waals surface area contributed by atoms with E-state index in [1.807, 2.05) is 60.7 Å². The minimum atomic E-state index is -2.20. The number of unbranched alkanes of at least 4 members (excludes halogenated alkanes) is 25. The van der Waals surface area contributed by atoms with Crippen molar-refractivity contribution in [2.75, 3.05) is 6.54 Å². The Kier molecular flexibility index (Phi) is 30.1. The molecular formula is C55H91N3O8. The molecule has 1 fully saturated rings. The molecule has 374 valence electrons. The van der Waals surface area contributed by atoms with E-state index in [4.69, 9.17) is 15.2 Å². The van der Waals surface area contributed by atoms with E-state index in [2.05, 4.69) is 19.2 Å². The maximum atomic E-state index is 14.2. The van der Waals surface area contributed by atoms with Crippen LogP contribution in [0.2, 0.25) is 0 Å². The van der Waals surface area contributed by atoms with E-state index in [9.17, 15) is 29.7 Å². The zero-order valence-electron chi connectivity index (χ0n) is 41.2. The van der Waals surface area contributed by atoms with Crippen molar-refractivity contribution < 1.29 is 39.2 Å². The van der Waals surface area contributed by atoms with Gasteiger partial charge < -0.3 is 30.1 Å². The van der Waals surface area contributed by atoms with E-state index in [1.165, 1.54) is 127 Å². The number of hydrogen-bond donors (Lipinski definition) is 5. The number of ether oxygens (including phenoxy) is 2. The van der Waals surface area contributed by atoms with Crippen LogP contribution in [0.5, 0.6) is 0 Å². The molecule has 0 saturated carbocycles. The number of nitrogens with zero attached hydrogens (tertiary/aromatic N) is 1. The zero-order chi connectivity index (χ0) is 47.7. The highest BCUT2D eigenvalue weighted by molar-refractivity contribution is 5.88. The van der Waals surface area contributed by atoms with Crippen LogP contribution in [-0.4, -0.2) is 80.9 Å². The second-order valence-corrected chi connectivity index (χ2v) is 19.1. The van der Waals surface area contributed by atoms with Crippen LogP contribution >= 0.6 is 0 Å². The summed E-state index contributed by atoms with van der Waals surface area (Å²) in [7, 11) is 0. The molecule has 11 heteroatoms. The summed E-state index contributed by atoms with van der Waals surface area (Å²) in [6.45, 7) is 4.69. The van der Waals surface area contributed by atoms with Gasteiger partial charge in [0.15, 0.2) is 5.78 Å². The number of carbonyl (C=O) groups is 3. The first-order valence-electron chi connectivity index (χ1n) is 26.5. The maximum Gasteiger partial charge on any atom is 0.408 e. The Hall–Kier alpha value is -3.35. The summed E-state index contributed by atoms with van der Waals surface area (Å²) in [4.78, 5) is 42.6. The first kappa shape index (κ1) is 57.0. The molecule has 2 aromatic rings. The summed E-state index contributed by atoms with van der Waals surface area (Å²) in [5, 5.41) is 36.7. The third-order valence-corrected chi connectivity index (χ3v) is 13.3. The molecule has 6 N–H and O–H groups in total. The van der Waals surface area contributed by atoms with Gasteiger partial charge in [-0.15, -0.1) is 0 Å². The summed E-state index contributed by atoms with van der Waals surface area (Å²) >= 11 is 0. The topological polar surface area (TPSA) is 172 Å². The second-order valence-electron chi connectivity index (χ2n) is 19.1. The van der Waals surface area contributed by atoms with Crippen LogP contribution in [0.15, 0.2) is 60.7 Å². The second kappa shape index (κ2) is 34.9. The number of benzene rings is 2. The van der Waals surface area contributed by atoms with Crippen LogP contribution in [0.3, 0.4) is 0 Å². The molecule has 6 atom stereocenters. The zero-order valence-corrected chi connectivity index (χ0v) is 41.2. The standard InChI is InChI=1S/C55H91N3O8/c1-3-5-7-9-11-13-15-17-18-19-20-22-24-26-34-40-50(60)58(41-35-27-25-23-21-16-14-12-10-8-6-4-2)55(56)53(63)52(62)51(61)49(66-55)43-48(59)47(42-45-36-30-28-31-37-45)57-54(64)65-44-46-38-32-29-33-39-46/h28-33,36-39,47,49,51-53,61-63H,3-27,34-35,40-44,56H2,1-2H3,(H,57,64)/t47-,49+,51+,52-,53+,55-/m0/s1. The lowest BCUT2D eigenvalue weighted by molar-refractivity contribution is -0.309. The largest absolute Gasteiger partial charge is 0.445 e. The van der Waals surface area contributed by atoms with Crippen LogP contribution < -0.4 is 11.1 Å². The van der Waals surface area contributed by atoms with Crippen molar-refractivity contribution >= 4 is 17.8 Å². The average Bonchev–Trinajstić information content (AvgIpc) is 3.32. The van der Waals surface area contributed by atoms with Crippen LogP contribution in [0, 0.1) is 0 Å². The first-order chi connectivity index (χ1) is 32.1. The van der Waals surface area contributed by atoms with Crippen molar-refractivity contribution in [1.29, 1.82) is 0 Å². The predicted octanol–water partition coefficient (Wildman–Crippen LogP) is 11.4. The molecule has 0 radical (unpaired) electrons. The van der Waals surface area contributed by atoms with Gasteiger partial charge in [0.05, 0.1) is 12.1 Å². The normalized spacial score (nSPS) is 19.9. The number of aliphatic hydroxyl groups excluding tert-OH is 3. The van der Waals surface area contributed by atoms with Crippen LogP contribution in [0.25, 0.3) is 0 Å². The van der Waals surface area contributed by atoms with Gasteiger partial charge in [-0.25, -0.2) is 4.79 Å². The van der Waals surface area contributed by atoms with Crippen molar-refractivity contribution in [2.45, 2.75) is 249 Å². The van der Waals surface area contributed by atoms with E-state index >= 15 is 0 Å². The number of amides is 2. The Bertz CT molecular complexity index is 1550. The third kappa shape index (κ3) is 22.6. The van der Waals surface area contributed by atoms with E-state index < -0.39 is 54.6 Å². The van der Waals surface area contributed by atoms with Crippen LogP contribution in [0.1, 0.15) is 211 Å². The van der Waals surface area contributed by atoms with Crippen molar-refractivity contribution in [3.05, 3.63) is 71.8 Å². The molecule has 2 aromatic carbocycles. The number of hydrogen-bond acceptors (Lipinski definition) is 9. The van der Waals surface area contributed by atoms with Gasteiger partial charge in [0.2, 0.25) is 11.8 Å². The molecule has 0 spiro atoms. The van der Waals surface area contributed by atoms with Crippen molar-refractivity contribution in [2.24, 2.45) is 5.73 Å². The third-order valence-electron chi connectivity index (χ3n) is 13.3. The molecule has 0 aromatic heterocycles. The SMILES string of the molecule is CCCCCCCCCCCCCCCCCC(=O)N(CCCCCCCCCCCCCC)[C@]1(N)O[C@H](CC(=O)[C@H](Cc2ccccc2)NC(=O)OCc2ccccc2)[C@@H](O)[C@H](O)[C@H]1O. The molecule has 0 unspecified atom stereocenters. The fourth-order valence-electron chi connectivity index (χ4n) is 9.15. The van der Waals surface area contributed by atoms with Gasteiger partial charge in [0.25, 0.3) is 0 Å². The van der Waals surface area contributed by atoms with Gasteiger partial charge in [-0.3, -0.25) is 20.2 Å². The van der Waals surface area contributed by atoms with Crippen molar-refractivity contribution in [3.63, 3.8) is 0 Å². The maximum absolute atomic E-state index is 14.2. The summed E-state index contributed by atoms with van der Waals surface area (Å²) in [5.74, 6) is -3.00. The van der Waals surface area contributed by atoms with Crippen molar-refractivity contribution in [3.8, 4) is 0 Å². The number of carbonyl (C=O) groups excluding carboxylic acids is 3. The molecule has 1 saturated heterocycles. The fraction of sp³-hybridized carbons (Fsp3) is 0.727. The number of ketones is 1. The number of nitrogens with two attached hydrogens (primary N) is 1. The Labute approximate surface area is 399 Å². The Morgan fingerprint density at radius 2 is 1.05 bits per heavy atom.